The molecule has 0 aliphatic carbocycles. The van der Waals surface area contributed by atoms with Gasteiger partial charge in [0.25, 0.3) is 0 Å². The van der Waals surface area contributed by atoms with Crippen molar-refractivity contribution in [1.82, 2.24) is 4.98 Å². The lowest BCUT2D eigenvalue weighted by Crippen LogP contribution is -1.74. The van der Waals surface area contributed by atoms with Crippen LogP contribution in [0.25, 0.3) is 0 Å². The molecule has 0 fully saturated rings. The lowest BCUT2D eigenvalue weighted by Gasteiger charge is -1.93. The van der Waals surface area contributed by atoms with Gasteiger partial charge in [0.2, 0.25) is 0 Å². The van der Waals surface area contributed by atoms with Gasteiger partial charge in [-0.1, -0.05) is 11.6 Å². The summed E-state index contributed by atoms with van der Waals surface area (Å²) in [6.07, 6.45) is 1.56. The summed E-state index contributed by atoms with van der Waals surface area (Å²) in [6, 6.07) is 1.60. The highest BCUT2D eigenvalue weighted by Gasteiger charge is 1.97. The summed E-state index contributed by atoms with van der Waals surface area (Å²) in [4.78, 5) is 7.56. The minimum Gasteiger partial charge on any atom is -0.235 e. The Morgan fingerprint density at radius 2 is 2.45 bits per heavy atom. The van der Waals surface area contributed by atoms with Crippen LogP contribution in [0.15, 0.2) is 21.7 Å². The zero-order chi connectivity index (χ0) is 8.27. The third-order valence-corrected chi connectivity index (χ3v) is 2.22. The molecule has 1 aromatic heterocycles. The number of aromatic nitrogens is 1. The van der Waals surface area contributed by atoms with Gasteiger partial charge in [-0.3, -0.25) is 0 Å². The highest BCUT2D eigenvalue weighted by Crippen LogP contribution is 2.24. The standard InChI is InChI=1S/C6H2BrClN2S/c7-4-2-9-6(10-3-11)1-5(4)8/h1-2H. The van der Waals surface area contributed by atoms with Gasteiger partial charge in [-0.05, 0) is 28.1 Å². The molecule has 5 heteroatoms. The van der Waals surface area contributed by atoms with Crippen molar-refractivity contribution < 1.29 is 0 Å². The predicted molar refractivity (Wildman–Crippen MR) is 51.6 cm³/mol. The van der Waals surface area contributed by atoms with Crippen molar-refractivity contribution >= 4 is 50.7 Å². The molecule has 0 aromatic carbocycles. The molecule has 0 unspecified atom stereocenters. The molecule has 1 aromatic rings. The first kappa shape index (κ1) is 8.81. The van der Waals surface area contributed by atoms with Crippen molar-refractivity contribution in [2.75, 3.05) is 0 Å². The molecule has 0 saturated heterocycles. The van der Waals surface area contributed by atoms with Gasteiger partial charge in [-0.2, -0.15) is 4.99 Å². The molecule has 2 nitrogen and oxygen atoms in total. The molecule has 0 N–H and O–H groups in total. The second kappa shape index (κ2) is 3.93. The smallest absolute Gasteiger partial charge is 0.164 e. The van der Waals surface area contributed by atoms with Crippen LogP contribution in [0.3, 0.4) is 0 Å². The number of isothiocyanates is 1. The van der Waals surface area contributed by atoms with E-state index in [1.54, 1.807) is 12.3 Å². The molecule has 0 amide bonds. The second-order valence-electron chi connectivity index (χ2n) is 1.66. The van der Waals surface area contributed by atoms with E-state index in [4.69, 9.17) is 11.6 Å². The van der Waals surface area contributed by atoms with Crippen LogP contribution in [0.1, 0.15) is 0 Å². The number of hydrogen-bond acceptors (Lipinski definition) is 3. The maximum atomic E-state index is 5.74. The maximum Gasteiger partial charge on any atom is 0.164 e. The molecule has 0 radical (unpaired) electrons. The quantitative estimate of drug-likeness (QED) is 0.564. The highest BCUT2D eigenvalue weighted by molar-refractivity contribution is 9.10. The Kier molecular flexibility index (Phi) is 3.15. The van der Waals surface area contributed by atoms with Gasteiger partial charge in [0.15, 0.2) is 5.82 Å². The van der Waals surface area contributed by atoms with Crippen molar-refractivity contribution in [3.8, 4) is 0 Å². The summed E-state index contributed by atoms with van der Waals surface area (Å²) in [5.74, 6) is 0.466. The van der Waals surface area contributed by atoms with Gasteiger partial charge < -0.3 is 0 Å². The average molecular weight is 250 g/mol. The van der Waals surface area contributed by atoms with Crippen molar-refractivity contribution in [3.05, 3.63) is 21.8 Å². The van der Waals surface area contributed by atoms with E-state index in [9.17, 15) is 0 Å². The molecular weight excluding hydrogens is 248 g/mol. The molecule has 0 aliphatic rings. The molecular formula is C6H2BrClN2S. The number of pyridine rings is 1. The molecule has 0 saturated carbocycles. The molecule has 0 aliphatic heterocycles. The summed E-state index contributed by atoms with van der Waals surface area (Å²) in [7, 11) is 0. The number of halogens is 2. The third kappa shape index (κ3) is 2.34. The summed E-state index contributed by atoms with van der Waals surface area (Å²) in [6.45, 7) is 0. The molecule has 56 valence electrons. The molecule has 0 bridgehead atoms. The number of rotatable bonds is 1. The van der Waals surface area contributed by atoms with Crippen molar-refractivity contribution in [2.45, 2.75) is 0 Å². The summed E-state index contributed by atoms with van der Waals surface area (Å²) in [5, 5.41) is 2.76. The minimum absolute atomic E-state index is 0.466. The third-order valence-electron chi connectivity index (χ3n) is 0.954. The van der Waals surface area contributed by atoms with Crippen LogP contribution in [-0.2, 0) is 0 Å². The van der Waals surface area contributed by atoms with Crippen LogP contribution in [0.5, 0.6) is 0 Å². The zero-order valence-corrected chi connectivity index (χ0v) is 8.37. The van der Waals surface area contributed by atoms with Gasteiger partial charge in [-0.15, -0.1) is 0 Å². The van der Waals surface area contributed by atoms with E-state index in [-0.39, 0.29) is 0 Å². The highest BCUT2D eigenvalue weighted by atomic mass is 79.9. The zero-order valence-electron chi connectivity index (χ0n) is 5.21. The fourth-order valence-corrected chi connectivity index (χ4v) is 0.969. The Hall–Kier alpha value is -0.280. The van der Waals surface area contributed by atoms with Crippen molar-refractivity contribution in [1.29, 1.82) is 0 Å². The predicted octanol–water partition coefficient (Wildman–Crippen LogP) is 3.23. The van der Waals surface area contributed by atoms with Crippen LogP contribution in [0, 0.1) is 0 Å². The fourth-order valence-electron chi connectivity index (χ4n) is 0.512. The first-order valence-corrected chi connectivity index (χ1v) is 4.21. The van der Waals surface area contributed by atoms with Gasteiger partial charge >= 0.3 is 0 Å². The summed E-state index contributed by atoms with van der Waals surface area (Å²) >= 11 is 13.3. The number of hydrogen-bond donors (Lipinski definition) is 0. The summed E-state index contributed by atoms with van der Waals surface area (Å²) < 4.78 is 0.738. The van der Waals surface area contributed by atoms with E-state index in [2.05, 4.69) is 43.3 Å². The van der Waals surface area contributed by atoms with Gasteiger partial charge in [0, 0.05) is 12.3 Å². The lowest BCUT2D eigenvalue weighted by molar-refractivity contribution is 1.27. The van der Waals surface area contributed by atoms with E-state index < -0.39 is 0 Å². The van der Waals surface area contributed by atoms with E-state index in [0.717, 1.165) is 4.47 Å². The number of nitrogens with zero attached hydrogens (tertiary/aromatic N) is 2. The maximum absolute atomic E-state index is 5.74. The van der Waals surface area contributed by atoms with E-state index >= 15 is 0 Å². The topological polar surface area (TPSA) is 25.2 Å². The van der Waals surface area contributed by atoms with Crippen LogP contribution >= 0.6 is 39.7 Å². The Bertz CT molecular complexity index is 322. The Balaban J connectivity index is 3.14. The van der Waals surface area contributed by atoms with E-state index in [1.807, 2.05) is 0 Å². The molecule has 0 atom stereocenters. The van der Waals surface area contributed by atoms with Crippen molar-refractivity contribution in [3.63, 3.8) is 0 Å². The van der Waals surface area contributed by atoms with E-state index in [1.165, 1.54) is 0 Å². The van der Waals surface area contributed by atoms with E-state index in [0.29, 0.717) is 10.8 Å². The van der Waals surface area contributed by atoms with Gasteiger partial charge in [0.1, 0.15) is 0 Å². The van der Waals surface area contributed by atoms with Crippen LogP contribution < -0.4 is 0 Å². The molecule has 0 spiro atoms. The largest absolute Gasteiger partial charge is 0.235 e. The Morgan fingerprint density at radius 3 is 3.00 bits per heavy atom. The molecule has 11 heavy (non-hydrogen) atoms. The van der Waals surface area contributed by atoms with Gasteiger partial charge in [0.05, 0.1) is 14.7 Å². The molecule has 1 rings (SSSR count). The van der Waals surface area contributed by atoms with Crippen LogP contribution in [0.4, 0.5) is 5.82 Å². The minimum atomic E-state index is 0.466. The Morgan fingerprint density at radius 1 is 1.73 bits per heavy atom. The Labute approximate surface area is 82.4 Å². The second-order valence-corrected chi connectivity index (χ2v) is 3.10. The van der Waals surface area contributed by atoms with Crippen LogP contribution in [0.2, 0.25) is 5.02 Å². The SMILES string of the molecule is S=C=Nc1cc(Cl)c(Br)cn1. The van der Waals surface area contributed by atoms with Crippen LogP contribution in [-0.4, -0.2) is 10.1 Å². The van der Waals surface area contributed by atoms with Crippen molar-refractivity contribution in [2.24, 2.45) is 4.99 Å². The fraction of sp³-hybridized carbons (Fsp3) is 0. The number of thiocarbonyl (C=S) groups is 1. The average Bonchev–Trinajstić information content (AvgIpc) is 1.98. The molecule has 1 heterocycles. The van der Waals surface area contributed by atoms with Gasteiger partial charge in [-0.25, -0.2) is 4.98 Å². The monoisotopic (exact) mass is 248 g/mol. The normalized spacial score (nSPS) is 8.91. The summed E-state index contributed by atoms with van der Waals surface area (Å²) in [5.41, 5.74) is 0. The lowest BCUT2D eigenvalue weighted by atomic mass is 10.5. The first-order valence-electron chi connectivity index (χ1n) is 2.63. The number of aliphatic imine (C=N–C) groups is 1. The first-order chi connectivity index (χ1) is 5.24.